The highest BCUT2D eigenvalue weighted by Gasteiger charge is 2.39. The van der Waals surface area contributed by atoms with Gasteiger partial charge in [0.15, 0.2) is 5.11 Å². The largest absolute Gasteiger partial charge is 0.497 e. The summed E-state index contributed by atoms with van der Waals surface area (Å²) in [4.78, 5) is 6.51. The number of pyridine rings is 1. The molecule has 0 amide bonds. The average Bonchev–Trinajstić information content (AvgIpc) is 2.92. The molecule has 5 nitrogen and oxygen atoms in total. The Morgan fingerprint density at radius 1 is 1.29 bits per heavy atom. The van der Waals surface area contributed by atoms with Gasteiger partial charge in [-0.25, -0.2) is 0 Å². The maximum atomic E-state index is 9.87. The van der Waals surface area contributed by atoms with Gasteiger partial charge in [0.2, 0.25) is 0 Å². The normalized spacial score (nSPS) is 21.5. The molecule has 1 aromatic heterocycles. The number of rotatable bonds is 5. The van der Waals surface area contributed by atoms with Crippen molar-refractivity contribution in [2.75, 3.05) is 13.7 Å². The van der Waals surface area contributed by atoms with Crippen LogP contribution in [-0.4, -0.2) is 39.9 Å². The molecule has 2 aromatic rings. The third-order valence-corrected chi connectivity index (χ3v) is 4.47. The van der Waals surface area contributed by atoms with Crippen LogP contribution in [0.15, 0.2) is 48.7 Å². The van der Waals surface area contributed by atoms with E-state index in [4.69, 9.17) is 17.0 Å². The molecule has 0 spiro atoms. The molecule has 6 heteroatoms. The van der Waals surface area contributed by atoms with E-state index < -0.39 is 6.10 Å². The van der Waals surface area contributed by atoms with Crippen LogP contribution in [0.5, 0.6) is 5.75 Å². The van der Waals surface area contributed by atoms with Gasteiger partial charge in [0.1, 0.15) is 5.75 Å². The van der Waals surface area contributed by atoms with E-state index in [0.717, 1.165) is 17.0 Å². The molecule has 0 aliphatic carbocycles. The highest BCUT2D eigenvalue weighted by molar-refractivity contribution is 7.80. The molecule has 1 aliphatic rings. The predicted molar refractivity (Wildman–Crippen MR) is 96.8 cm³/mol. The van der Waals surface area contributed by atoms with Crippen LogP contribution in [0.2, 0.25) is 0 Å². The molecular weight excluding hydrogens is 322 g/mol. The molecule has 0 bridgehead atoms. The number of hydrogen-bond donors (Lipinski definition) is 2. The van der Waals surface area contributed by atoms with E-state index in [1.807, 2.05) is 47.4 Å². The summed E-state index contributed by atoms with van der Waals surface area (Å²) in [6, 6.07) is 13.7. The van der Waals surface area contributed by atoms with Crippen LogP contribution in [0.4, 0.5) is 0 Å². The summed E-state index contributed by atoms with van der Waals surface area (Å²) in [5.41, 5.74) is 2.02. The molecule has 2 heterocycles. The minimum atomic E-state index is -0.479. The standard InChI is InChI=1S/C18H21N3O2S/c1-12(22)11-21-17(13-6-8-14(23-2)9-7-13)16(20-18(21)24)15-5-3-4-10-19-15/h3-10,12,16-17,22H,11H2,1-2H3,(H,20,24)/t12-,16-,17-/m1/s1. The zero-order chi connectivity index (χ0) is 17.1. The van der Waals surface area contributed by atoms with Gasteiger partial charge in [-0.15, -0.1) is 0 Å². The van der Waals surface area contributed by atoms with Crippen molar-refractivity contribution in [1.29, 1.82) is 0 Å². The monoisotopic (exact) mass is 343 g/mol. The van der Waals surface area contributed by atoms with Crippen molar-refractivity contribution >= 4 is 17.3 Å². The lowest BCUT2D eigenvalue weighted by molar-refractivity contribution is 0.145. The second kappa shape index (κ2) is 7.15. The van der Waals surface area contributed by atoms with Crippen LogP contribution < -0.4 is 10.1 Å². The van der Waals surface area contributed by atoms with Crippen molar-refractivity contribution in [2.24, 2.45) is 0 Å². The van der Waals surface area contributed by atoms with Crippen LogP contribution in [0, 0.1) is 0 Å². The van der Waals surface area contributed by atoms with Gasteiger partial charge in [0.05, 0.1) is 31.0 Å². The fraction of sp³-hybridized carbons (Fsp3) is 0.333. The van der Waals surface area contributed by atoms with E-state index >= 15 is 0 Å². The minimum absolute atomic E-state index is 0.0343. The SMILES string of the molecule is COc1ccc([C@@H]2[C@@H](c3ccccn3)NC(=S)N2C[C@@H](C)O)cc1. The highest BCUT2D eigenvalue weighted by Crippen LogP contribution is 2.38. The van der Waals surface area contributed by atoms with Crippen molar-refractivity contribution in [1.82, 2.24) is 15.2 Å². The Morgan fingerprint density at radius 3 is 2.62 bits per heavy atom. The number of aliphatic hydroxyl groups excluding tert-OH is 1. The number of aliphatic hydroxyl groups is 1. The van der Waals surface area contributed by atoms with Crippen molar-refractivity contribution in [3.05, 3.63) is 59.9 Å². The number of methoxy groups -OCH3 is 1. The van der Waals surface area contributed by atoms with Gasteiger partial charge >= 0.3 is 0 Å². The van der Waals surface area contributed by atoms with E-state index in [9.17, 15) is 5.11 Å². The van der Waals surface area contributed by atoms with Gasteiger partial charge in [0.25, 0.3) is 0 Å². The fourth-order valence-electron chi connectivity index (χ4n) is 3.05. The number of hydrogen-bond acceptors (Lipinski definition) is 4. The van der Waals surface area contributed by atoms with E-state index in [1.54, 1.807) is 20.2 Å². The molecule has 3 atom stereocenters. The summed E-state index contributed by atoms with van der Waals surface area (Å²) in [7, 11) is 1.65. The lowest BCUT2D eigenvalue weighted by atomic mass is 9.96. The number of thiocarbonyl (C=S) groups is 1. The molecule has 2 N–H and O–H groups in total. The topological polar surface area (TPSA) is 57.6 Å². The Balaban J connectivity index is 1.99. The smallest absolute Gasteiger partial charge is 0.170 e. The van der Waals surface area contributed by atoms with Gasteiger partial charge in [0, 0.05) is 12.7 Å². The third-order valence-electron chi connectivity index (χ3n) is 4.12. The molecule has 0 unspecified atom stereocenters. The van der Waals surface area contributed by atoms with Crippen LogP contribution >= 0.6 is 12.2 Å². The van der Waals surface area contributed by atoms with Crippen LogP contribution in [-0.2, 0) is 0 Å². The molecule has 126 valence electrons. The quantitative estimate of drug-likeness (QED) is 0.814. The zero-order valence-electron chi connectivity index (χ0n) is 13.7. The number of nitrogens with one attached hydrogen (secondary N) is 1. The van der Waals surface area contributed by atoms with Gasteiger partial charge < -0.3 is 20.1 Å². The average molecular weight is 343 g/mol. The summed E-state index contributed by atoms with van der Waals surface area (Å²) in [6.07, 6.45) is 1.30. The predicted octanol–water partition coefficient (Wildman–Crippen LogP) is 2.44. The van der Waals surface area contributed by atoms with Crippen LogP contribution in [0.25, 0.3) is 0 Å². The summed E-state index contributed by atoms with van der Waals surface area (Å²) in [5, 5.41) is 13.9. The molecule has 1 saturated heterocycles. The first-order chi connectivity index (χ1) is 11.6. The van der Waals surface area contributed by atoms with Crippen LogP contribution in [0.1, 0.15) is 30.3 Å². The van der Waals surface area contributed by atoms with Gasteiger partial charge in [-0.2, -0.15) is 0 Å². The summed E-state index contributed by atoms with van der Waals surface area (Å²) in [5.74, 6) is 0.809. The van der Waals surface area contributed by atoms with Crippen LogP contribution in [0.3, 0.4) is 0 Å². The van der Waals surface area contributed by atoms with Gasteiger partial charge in [-0.05, 0) is 49.0 Å². The molecular formula is C18H21N3O2S. The summed E-state index contributed by atoms with van der Waals surface area (Å²) >= 11 is 5.51. The van der Waals surface area contributed by atoms with Crippen molar-refractivity contribution < 1.29 is 9.84 Å². The van der Waals surface area contributed by atoms with E-state index in [1.165, 1.54) is 0 Å². The van der Waals surface area contributed by atoms with E-state index in [2.05, 4.69) is 10.3 Å². The number of aromatic nitrogens is 1. The first-order valence-electron chi connectivity index (χ1n) is 7.90. The highest BCUT2D eigenvalue weighted by atomic mass is 32.1. The first kappa shape index (κ1) is 16.7. The maximum absolute atomic E-state index is 9.87. The van der Waals surface area contributed by atoms with Crippen molar-refractivity contribution in [3.63, 3.8) is 0 Å². The molecule has 1 fully saturated rings. The minimum Gasteiger partial charge on any atom is -0.497 e. The third kappa shape index (κ3) is 3.34. The molecule has 0 saturated carbocycles. The Kier molecular flexibility index (Phi) is 4.97. The van der Waals surface area contributed by atoms with Crippen molar-refractivity contribution in [2.45, 2.75) is 25.1 Å². The van der Waals surface area contributed by atoms with Crippen molar-refractivity contribution in [3.8, 4) is 5.75 Å². The zero-order valence-corrected chi connectivity index (χ0v) is 14.5. The fourth-order valence-corrected chi connectivity index (χ4v) is 3.37. The van der Waals surface area contributed by atoms with E-state index in [0.29, 0.717) is 11.7 Å². The first-order valence-corrected chi connectivity index (χ1v) is 8.31. The lowest BCUT2D eigenvalue weighted by Gasteiger charge is -2.29. The number of ether oxygens (including phenoxy) is 1. The summed E-state index contributed by atoms with van der Waals surface area (Å²) in [6.45, 7) is 2.23. The van der Waals surface area contributed by atoms with Gasteiger partial charge in [-0.1, -0.05) is 18.2 Å². The molecule has 1 aliphatic heterocycles. The molecule has 24 heavy (non-hydrogen) atoms. The summed E-state index contributed by atoms with van der Waals surface area (Å²) < 4.78 is 5.25. The Bertz CT molecular complexity index is 691. The number of β-amino-alcohol motifs (C(OH)–C–C–N with tert-alkyl or cyclic N) is 1. The Labute approximate surface area is 147 Å². The molecule has 0 radical (unpaired) electrons. The second-order valence-corrected chi connectivity index (χ2v) is 6.29. The lowest BCUT2D eigenvalue weighted by Crippen LogP contribution is -2.35. The number of nitrogens with zero attached hydrogens (tertiary/aromatic N) is 2. The number of benzene rings is 1. The molecule has 3 rings (SSSR count). The van der Waals surface area contributed by atoms with Gasteiger partial charge in [-0.3, -0.25) is 4.98 Å². The maximum Gasteiger partial charge on any atom is 0.170 e. The Morgan fingerprint density at radius 2 is 2.04 bits per heavy atom. The molecule has 1 aromatic carbocycles. The Hall–Kier alpha value is -2.18. The second-order valence-electron chi connectivity index (χ2n) is 5.90. The van der Waals surface area contributed by atoms with E-state index in [-0.39, 0.29) is 12.1 Å².